The van der Waals surface area contributed by atoms with E-state index in [9.17, 15) is 19.2 Å². The molecule has 3 N–H and O–H groups in total. The zero-order chi connectivity index (χ0) is 18.4. The Hall–Kier alpha value is -3.34. The fourth-order valence-electron chi connectivity index (χ4n) is 3.25. The van der Waals surface area contributed by atoms with Crippen LogP contribution in [0.2, 0.25) is 0 Å². The minimum atomic E-state index is -1.91. The van der Waals surface area contributed by atoms with Crippen molar-refractivity contribution in [3.63, 3.8) is 0 Å². The lowest BCUT2D eigenvalue weighted by molar-refractivity contribution is -0.140. The van der Waals surface area contributed by atoms with E-state index >= 15 is 0 Å². The van der Waals surface area contributed by atoms with Crippen molar-refractivity contribution in [3.05, 3.63) is 52.4 Å². The van der Waals surface area contributed by atoms with Crippen LogP contribution in [0.1, 0.15) is 19.4 Å². The highest BCUT2D eigenvalue weighted by Gasteiger charge is 2.59. The van der Waals surface area contributed by atoms with Gasteiger partial charge in [-0.3, -0.25) is 4.79 Å². The van der Waals surface area contributed by atoms with Crippen LogP contribution in [0.15, 0.2) is 41.0 Å². The average Bonchev–Trinajstić information content (AvgIpc) is 2.81. The first-order valence-electron chi connectivity index (χ1n) is 7.46. The van der Waals surface area contributed by atoms with Crippen molar-refractivity contribution in [2.45, 2.75) is 19.3 Å². The van der Waals surface area contributed by atoms with Crippen LogP contribution in [-0.2, 0) is 24.5 Å². The number of fused-ring (bicyclic) bond motifs is 2. The number of esters is 1. The molecule has 2 heterocycles. The van der Waals surface area contributed by atoms with Gasteiger partial charge in [-0.2, -0.15) is 5.26 Å². The quantitative estimate of drug-likeness (QED) is 0.788. The maximum absolute atomic E-state index is 13.9. The van der Waals surface area contributed by atoms with Crippen LogP contribution in [0.5, 0.6) is 0 Å². The molecule has 0 radical (unpaired) electrons. The highest BCUT2D eigenvalue weighted by molar-refractivity contribution is 6.17. The van der Waals surface area contributed by atoms with Gasteiger partial charge in [0.1, 0.15) is 28.8 Å². The molecule has 0 saturated heterocycles. The molecule has 0 aliphatic carbocycles. The number of carbonyl (C=O) groups excluding carboxylic acids is 2. The summed E-state index contributed by atoms with van der Waals surface area (Å²) in [7, 11) is 0. The lowest BCUT2D eigenvalue weighted by Gasteiger charge is -2.33. The van der Waals surface area contributed by atoms with Crippen LogP contribution >= 0.6 is 0 Å². The van der Waals surface area contributed by atoms with Gasteiger partial charge in [-0.05, 0) is 32.0 Å². The lowest BCUT2D eigenvalue weighted by atomic mass is 9.68. The van der Waals surface area contributed by atoms with E-state index in [0.717, 1.165) is 12.1 Å². The lowest BCUT2D eigenvalue weighted by Crippen LogP contribution is -2.45. The number of hydrogen-bond donors (Lipinski definition) is 2. The zero-order valence-electron chi connectivity index (χ0n) is 13.5. The molecule has 7 nitrogen and oxygen atoms in total. The number of benzene rings is 1. The standard InChI is InChI=1S/C17H14FN3O4/c1-3-24-15(22)13-8(2)25-14(20)11(7-19)17(13)10-6-9(18)4-5-12(10)21-16(17)23/h4-6H,3,20H2,1-2H3,(H,21,23). The van der Waals surface area contributed by atoms with E-state index in [1.54, 1.807) is 6.92 Å². The summed E-state index contributed by atoms with van der Waals surface area (Å²) < 4.78 is 24.2. The van der Waals surface area contributed by atoms with E-state index in [0.29, 0.717) is 0 Å². The van der Waals surface area contributed by atoms with E-state index in [1.807, 2.05) is 6.07 Å². The van der Waals surface area contributed by atoms with Crippen molar-refractivity contribution in [3.8, 4) is 6.07 Å². The monoisotopic (exact) mass is 343 g/mol. The average molecular weight is 343 g/mol. The summed E-state index contributed by atoms with van der Waals surface area (Å²) >= 11 is 0. The molecule has 128 valence electrons. The van der Waals surface area contributed by atoms with E-state index < -0.39 is 23.1 Å². The highest BCUT2D eigenvalue weighted by atomic mass is 19.1. The predicted molar refractivity (Wildman–Crippen MR) is 84.0 cm³/mol. The maximum atomic E-state index is 13.9. The molecule has 3 rings (SSSR count). The molecule has 1 aromatic rings. The summed E-state index contributed by atoms with van der Waals surface area (Å²) in [6.07, 6.45) is 0. The number of anilines is 1. The van der Waals surface area contributed by atoms with E-state index in [2.05, 4.69) is 5.32 Å². The van der Waals surface area contributed by atoms with Gasteiger partial charge in [0.05, 0.1) is 6.61 Å². The van der Waals surface area contributed by atoms with Gasteiger partial charge in [0.25, 0.3) is 0 Å². The molecule has 1 aromatic carbocycles. The van der Waals surface area contributed by atoms with Crippen LogP contribution < -0.4 is 11.1 Å². The topological polar surface area (TPSA) is 114 Å². The second-order valence-electron chi connectivity index (χ2n) is 5.50. The van der Waals surface area contributed by atoms with E-state index in [4.69, 9.17) is 15.2 Å². The number of halogens is 1. The summed E-state index contributed by atoms with van der Waals surface area (Å²) in [5, 5.41) is 12.2. The van der Waals surface area contributed by atoms with Gasteiger partial charge < -0.3 is 20.5 Å². The van der Waals surface area contributed by atoms with Crippen molar-refractivity contribution in [2.75, 3.05) is 11.9 Å². The van der Waals surface area contributed by atoms with Gasteiger partial charge in [-0.25, -0.2) is 9.18 Å². The Morgan fingerprint density at radius 2 is 2.24 bits per heavy atom. The van der Waals surface area contributed by atoms with Crippen molar-refractivity contribution in [1.29, 1.82) is 5.26 Å². The number of nitrogens with zero attached hydrogens (tertiary/aromatic N) is 1. The minimum absolute atomic E-state index is 0.0159. The molecule has 2 aliphatic rings. The number of hydrogen-bond acceptors (Lipinski definition) is 6. The summed E-state index contributed by atoms with van der Waals surface area (Å²) in [5.41, 5.74) is 3.80. The van der Waals surface area contributed by atoms with Crippen molar-refractivity contribution in [1.82, 2.24) is 0 Å². The number of ether oxygens (including phenoxy) is 2. The Bertz CT molecular complexity index is 913. The molecular formula is C17H14FN3O4. The Kier molecular flexibility index (Phi) is 3.72. The van der Waals surface area contributed by atoms with Crippen molar-refractivity contribution >= 4 is 17.6 Å². The molecule has 0 aromatic heterocycles. The molecule has 25 heavy (non-hydrogen) atoms. The van der Waals surface area contributed by atoms with Crippen LogP contribution in [0.4, 0.5) is 10.1 Å². The number of rotatable bonds is 2. The third kappa shape index (κ3) is 2.09. The van der Waals surface area contributed by atoms with Gasteiger partial charge in [0.2, 0.25) is 11.8 Å². The second kappa shape index (κ2) is 5.63. The zero-order valence-corrected chi connectivity index (χ0v) is 13.5. The number of nitriles is 1. The van der Waals surface area contributed by atoms with Gasteiger partial charge in [0.15, 0.2) is 5.41 Å². The van der Waals surface area contributed by atoms with Crippen LogP contribution in [0.25, 0.3) is 0 Å². The Labute approximate surface area is 142 Å². The fourth-order valence-corrected chi connectivity index (χ4v) is 3.25. The van der Waals surface area contributed by atoms with Gasteiger partial charge in [-0.15, -0.1) is 0 Å². The summed E-state index contributed by atoms with van der Waals surface area (Å²) in [6, 6.07) is 5.44. The molecule has 0 saturated carbocycles. The maximum Gasteiger partial charge on any atom is 0.339 e. The molecule has 2 aliphatic heterocycles. The summed E-state index contributed by atoms with van der Waals surface area (Å²) in [6.45, 7) is 3.08. The van der Waals surface area contributed by atoms with Crippen LogP contribution in [0, 0.1) is 17.1 Å². The number of amides is 1. The van der Waals surface area contributed by atoms with E-state index in [-0.39, 0.29) is 40.6 Å². The summed E-state index contributed by atoms with van der Waals surface area (Å²) in [4.78, 5) is 25.5. The Balaban J connectivity index is 2.41. The fraction of sp³-hybridized carbons (Fsp3) is 0.235. The molecule has 1 amide bonds. The molecule has 1 unspecified atom stereocenters. The normalized spacial score (nSPS) is 21.6. The number of carbonyl (C=O) groups is 2. The van der Waals surface area contributed by atoms with Crippen LogP contribution in [0.3, 0.4) is 0 Å². The molecule has 8 heteroatoms. The summed E-state index contributed by atoms with van der Waals surface area (Å²) in [5.74, 6) is -2.47. The van der Waals surface area contributed by atoms with Gasteiger partial charge in [-0.1, -0.05) is 0 Å². The van der Waals surface area contributed by atoms with Crippen LogP contribution in [-0.4, -0.2) is 18.5 Å². The number of nitrogens with two attached hydrogens (primary N) is 1. The molecule has 1 atom stereocenters. The van der Waals surface area contributed by atoms with Gasteiger partial charge in [0, 0.05) is 11.3 Å². The van der Waals surface area contributed by atoms with E-state index in [1.165, 1.54) is 13.0 Å². The molecule has 0 bridgehead atoms. The van der Waals surface area contributed by atoms with Crippen molar-refractivity contribution in [2.24, 2.45) is 5.73 Å². The molecular weight excluding hydrogens is 329 g/mol. The first-order chi connectivity index (χ1) is 11.9. The SMILES string of the molecule is CCOC(=O)C1=C(C)OC(N)=C(C#N)C12C(=O)Nc1ccc(F)cc12. The Morgan fingerprint density at radius 1 is 1.52 bits per heavy atom. The first kappa shape index (κ1) is 16.5. The highest BCUT2D eigenvalue weighted by Crippen LogP contribution is 2.52. The Morgan fingerprint density at radius 3 is 2.88 bits per heavy atom. The third-order valence-corrected chi connectivity index (χ3v) is 4.18. The molecule has 0 fully saturated rings. The molecule has 1 spiro atoms. The smallest absolute Gasteiger partial charge is 0.339 e. The largest absolute Gasteiger partial charge is 0.462 e. The van der Waals surface area contributed by atoms with Gasteiger partial charge >= 0.3 is 5.97 Å². The number of nitrogens with one attached hydrogen (secondary N) is 1. The predicted octanol–water partition coefficient (Wildman–Crippen LogP) is 1.58. The minimum Gasteiger partial charge on any atom is -0.462 e. The van der Waals surface area contributed by atoms with Crippen molar-refractivity contribution < 1.29 is 23.5 Å². The second-order valence-corrected chi connectivity index (χ2v) is 5.50. The first-order valence-corrected chi connectivity index (χ1v) is 7.46. The third-order valence-electron chi connectivity index (χ3n) is 4.18. The number of allylic oxidation sites excluding steroid dienone is 1.